The molecular formula is C51H95NO6. The van der Waals surface area contributed by atoms with E-state index in [1.807, 2.05) is 0 Å². The van der Waals surface area contributed by atoms with Crippen molar-refractivity contribution in [2.45, 2.75) is 259 Å². The Morgan fingerprint density at radius 3 is 1.17 bits per heavy atom. The van der Waals surface area contributed by atoms with Crippen LogP contribution in [0, 0.1) is 17.3 Å². The van der Waals surface area contributed by atoms with Gasteiger partial charge in [-0.05, 0) is 102 Å². The summed E-state index contributed by atoms with van der Waals surface area (Å²) in [5.74, 6) is 1.39. The highest BCUT2D eigenvalue weighted by atomic mass is 16.5. The molecule has 3 rings (SSSR count). The van der Waals surface area contributed by atoms with Crippen molar-refractivity contribution in [1.29, 1.82) is 0 Å². The fourth-order valence-electron chi connectivity index (χ4n) is 9.44. The maximum Gasteiger partial charge on any atom is 0.312 e. The van der Waals surface area contributed by atoms with Crippen LogP contribution in [0.1, 0.15) is 252 Å². The highest BCUT2D eigenvalue weighted by molar-refractivity contribution is 5.77. The third-order valence-corrected chi connectivity index (χ3v) is 13.7. The molecule has 7 heteroatoms. The summed E-state index contributed by atoms with van der Waals surface area (Å²) in [5, 5.41) is 0. The maximum atomic E-state index is 13.6. The van der Waals surface area contributed by atoms with Crippen molar-refractivity contribution in [3.8, 4) is 0 Å². The van der Waals surface area contributed by atoms with Crippen LogP contribution in [0.15, 0.2) is 0 Å². The van der Waals surface area contributed by atoms with Crippen molar-refractivity contribution in [3.63, 3.8) is 0 Å². The zero-order valence-corrected chi connectivity index (χ0v) is 38.9. The third-order valence-electron chi connectivity index (χ3n) is 13.7. The van der Waals surface area contributed by atoms with E-state index in [4.69, 9.17) is 14.2 Å². The van der Waals surface area contributed by atoms with Crippen LogP contribution in [-0.2, 0) is 28.6 Å². The Kier molecular flexibility index (Phi) is 31.7. The van der Waals surface area contributed by atoms with E-state index >= 15 is 0 Å². The van der Waals surface area contributed by atoms with Gasteiger partial charge in [-0.2, -0.15) is 0 Å². The molecule has 0 N–H and O–H groups in total. The van der Waals surface area contributed by atoms with E-state index in [0.29, 0.717) is 37.9 Å². The summed E-state index contributed by atoms with van der Waals surface area (Å²) < 4.78 is 17.7. The lowest BCUT2D eigenvalue weighted by molar-refractivity contribution is -0.170. The molecular weight excluding hydrogens is 723 g/mol. The van der Waals surface area contributed by atoms with Gasteiger partial charge in [0.2, 0.25) is 0 Å². The topological polar surface area (TPSA) is 82.1 Å². The Morgan fingerprint density at radius 2 is 0.793 bits per heavy atom. The molecule has 7 nitrogen and oxygen atoms in total. The predicted molar refractivity (Wildman–Crippen MR) is 242 cm³/mol. The summed E-state index contributed by atoms with van der Waals surface area (Å²) in [7, 11) is 0. The lowest BCUT2D eigenvalue weighted by atomic mass is 9.72. The molecule has 3 heterocycles. The monoisotopic (exact) mass is 818 g/mol. The van der Waals surface area contributed by atoms with Crippen molar-refractivity contribution in [2.24, 2.45) is 17.3 Å². The molecule has 0 aromatic carbocycles. The molecule has 58 heavy (non-hydrogen) atoms. The molecule has 3 saturated heterocycles. The number of unbranched alkanes of at least 4 members (excludes halogenated alkanes) is 16. The first-order valence-electron chi connectivity index (χ1n) is 25.6. The molecule has 2 bridgehead atoms. The second-order valence-electron chi connectivity index (χ2n) is 18.7. The molecule has 340 valence electrons. The maximum absolute atomic E-state index is 13.6. The summed E-state index contributed by atoms with van der Waals surface area (Å²) in [6, 6.07) is 0. The van der Waals surface area contributed by atoms with E-state index in [-0.39, 0.29) is 29.4 Å². The minimum atomic E-state index is -0.258. The minimum Gasteiger partial charge on any atom is -0.466 e. The van der Waals surface area contributed by atoms with E-state index in [9.17, 15) is 14.4 Å². The number of hydrogen-bond donors (Lipinski definition) is 0. The zero-order chi connectivity index (χ0) is 41.9. The fraction of sp³-hybridized carbons (Fsp3) is 0.941. The van der Waals surface area contributed by atoms with Crippen molar-refractivity contribution in [1.82, 2.24) is 4.90 Å². The molecule has 0 atom stereocenters. The van der Waals surface area contributed by atoms with Gasteiger partial charge in [0, 0.05) is 12.8 Å². The van der Waals surface area contributed by atoms with Gasteiger partial charge in [-0.25, -0.2) is 0 Å². The number of piperidine rings is 3. The normalized spacial score (nSPS) is 17.7. The SMILES string of the molecule is CCCCCC(CCCCC)CCOC(=O)CCCCCCCC(CCCCCCCC(=O)OCCC(CCCCC)CCCCC)OC(=O)C12CCN(CC1)CC2. The van der Waals surface area contributed by atoms with E-state index in [1.165, 1.54) is 103 Å². The summed E-state index contributed by atoms with van der Waals surface area (Å²) in [6.07, 6.45) is 38.7. The average Bonchev–Trinajstić information content (AvgIpc) is 3.23. The van der Waals surface area contributed by atoms with Gasteiger partial charge < -0.3 is 19.1 Å². The van der Waals surface area contributed by atoms with Crippen LogP contribution in [0.5, 0.6) is 0 Å². The van der Waals surface area contributed by atoms with Crippen molar-refractivity contribution < 1.29 is 28.6 Å². The number of carbonyl (C=O) groups is 3. The van der Waals surface area contributed by atoms with E-state index < -0.39 is 0 Å². The Bertz CT molecular complexity index is 919. The molecule has 0 radical (unpaired) electrons. The highest BCUT2D eigenvalue weighted by Gasteiger charge is 2.46. The lowest BCUT2D eigenvalue weighted by Gasteiger charge is -2.46. The van der Waals surface area contributed by atoms with Crippen LogP contribution in [0.4, 0.5) is 0 Å². The Balaban J connectivity index is 1.64. The highest BCUT2D eigenvalue weighted by Crippen LogP contribution is 2.41. The summed E-state index contributed by atoms with van der Waals surface area (Å²) >= 11 is 0. The van der Waals surface area contributed by atoms with Crippen molar-refractivity contribution in [3.05, 3.63) is 0 Å². The number of ether oxygens (including phenoxy) is 3. The van der Waals surface area contributed by atoms with Gasteiger partial charge in [-0.3, -0.25) is 14.4 Å². The molecule has 0 aromatic heterocycles. The first kappa shape index (κ1) is 52.5. The number of rotatable bonds is 40. The van der Waals surface area contributed by atoms with E-state index in [1.54, 1.807) is 0 Å². The molecule has 0 aromatic rings. The molecule has 0 unspecified atom stereocenters. The summed E-state index contributed by atoms with van der Waals surface area (Å²) in [6.45, 7) is 13.3. The molecule has 0 amide bonds. The largest absolute Gasteiger partial charge is 0.466 e. The molecule has 3 fully saturated rings. The Labute approximate surface area is 359 Å². The first-order valence-corrected chi connectivity index (χ1v) is 25.6. The second kappa shape index (κ2) is 35.0. The summed E-state index contributed by atoms with van der Waals surface area (Å²) in [4.78, 5) is 41.0. The number of hydrogen-bond acceptors (Lipinski definition) is 7. The molecule has 3 aliphatic heterocycles. The Morgan fingerprint density at radius 1 is 0.448 bits per heavy atom. The lowest BCUT2D eigenvalue weighted by Crippen LogP contribution is -2.52. The number of fused-ring (bicyclic) bond motifs is 3. The van der Waals surface area contributed by atoms with Crippen molar-refractivity contribution in [2.75, 3.05) is 32.8 Å². The van der Waals surface area contributed by atoms with E-state index in [2.05, 4.69) is 32.6 Å². The quantitative estimate of drug-likeness (QED) is 0.0346. The number of nitrogens with zero attached hydrogens (tertiary/aromatic N) is 1. The average molecular weight is 818 g/mol. The van der Waals surface area contributed by atoms with Gasteiger partial charge in [0.25, 0.3) is 0 Å². The van der Waals surface area contributed by atoms with Crippen molar-refractivity contribution >= 4 is 17.9 Å². The third kappa shape index (κ3) is 25.2. The van der Waals surface area contributed by atoms with Gasteiger partial charge in [0.15, 0.2) is 0 Å². The van der Waals surface area contributed by atoms with Gasteiger partial charge in [0.1, 0.15) is 6.10 Å². The minimum absolute atomic E-state index is 0.00710. The van der Waals surface area contributed by atoms with Gasteiger partial charge in [-0.15, -0.1) is 0 Å². The molecule has 0 spiro atoms. The van der Waals surface area contributed by atoms with Crippen LogP contribution in [0.2, 0.25) is 0 Å². The zero-order valence-electron chi connectivity index (χ0n) is 38.9. The molecule has 3 aliphatic rings. The van der Waals surface area contributed by atoms with Crippen LogP contribution < -0.4 is 0 Å². The second-order valence-corrected chi connectivity index (χ2v) is 18.7. The van der Waals surface area contributed by atoms with Gasteiger partial charge >= 0.3 is 17.9 Å². The standard InChI is InChI=1S/C51H95NO6/c1-5-9-19-27-45(28-20-10-6-2)35-43-56-48(53)33-25-17-13-15-23-31-47(58-50(55)51-37-40-52(41-38-51)42-39-51)32-24-16-14-18-26-34-49(54)57-44-36-46(29-21-11-7-3)30-22-12-8-4/h45-47H,5-44H2,1-4H3. The van der Waals surface area contributed by atoms with Crippen LogP contribution >= 0.6 is 0 Å². The van der Waals surface area contributed by atoms with Crippen LogP contribution in [0.3, 0.4) is 0 Å². The van der Waals surface area contributed by atoms with E-state index in [0.717, 1.165) is 129 Å². The smallest absolute Gasteiger partial charge is 0.312 e. The van der Waals surface area contributed by atoms with Crippen LogP contribution in [-0.4, -0.2) is 61.8 Å². The predicted octanol–water partition coefficient (Wildman–Crippen LogP) is 14.3. The van der Waals surface area contributed by atoms with Crippen LogP contribution in [0.25, 0.3) is 0 Å². The first-order chi connectivity index (χ1) is 28.4. The number of carbonyl (C=O) groups excluding carboxylic acids is 3. The number of esters is 3. The fourth-order valence-corrected chi connectivity index (χ4v) is 9.44. The molecule has 0 aliphatic carbocycles. The summed E-state index contributed by atoms with van der Waals surface area (Å²) in [5.41, 5.74) is -0.258. The molecule has 0 saturated carbocycles. The Hall–Kier alpha value is -1.63. The van der Waals surface area contributed by atoms with Gasteiger partial charge in [-0.1, -0.05) is 169 Å². The van der Waals surface area contributed by atoms with Gasteiger partial charge in [0.05, 0.1) is 18.6 Å².